The first kappa shape index (κ1) is 19.1. The van der Waals surface area contributed by atoms with Crippen molar-refractivity contribution < 1.29 is 4.79 Å². The lowest BCUT2D eigenvalue weighted by molar-refractivity contribution is -0.122. The summed E-state index contributed by atoms with van der Waals surface area (Å²) in [4.78, 5) is 12.5. The third kappa shape index (κ3) is 4.59. The van der Waals surface area contributed by atoms with E-state index in [0.717, 1.165) is 22.4 Å². The number of nitrogens with zero attached hydrogens (tertiary/aromatic N) is 1. The number of hydrogen-bond donors (Lipinski definition) is 3. The van der Waals surface area contributed by atoms with Crippen LogP contribution in [0.3, 0.4) is 0 Å². The van der Waals surface area contributed by atoms with E-state index in [1.165, 1.54) is 5.56 Å². The highest BCUT2D eigenvalue weighted by Gasteiger charge is 2.29. The Balaban J connectivity index is 1.36. The summed E-state index contributed by atoms with van der Waals surface area (Å²) in [5, 5.41) is 4.29. The maximum Gasteiger partial charge on any atom is 0.258 e. The van der Waals surface area contributed by atoms with E-state index in [-0.39, 0.29) is 18.0 Å². The highest BCUT2D eigenvalue weighted by Crippen LogP contribution is 2.22. The van der Waals surface area contributed by atoms with Gasteiger partial charge in [0, 0.05) is 6.04 Å². The molecule has 0 radical (unpaired) electrons. The molecule has 1 saturated heterocycles. The highest BCUT2D eigenvalue weighted by atomic mass is 16.2. The molecule has 146 valence electrons. The fourth-order valence-corrected chi connectivity index (χ4v) is 3.45. The maximum atomic E-state index is 12.5. The molecular formula is C24H24N4O. The van der Waals surface area contributed by atoms with E-state index in [2.05, 4.69) is 57.8 Å². The second-order valence-electron chi connectivity index (χ2n) is 7.16. The normalized spacial score (nSPS) is 19.1. The molecule has 0 bridgehead atoms. The SMILES string of the molecule is C/C(=N\NC(=O)C1CC(c2ccccc2)NN1)c1ccc(-c2ccccc2)cc1. The van der Waals surface area contributed by atoms with Crippen molar-refractivity contribution in [3.8, 4) is 11.1 Å². The van der Waals surface area contributed by atoms with Crippen LogP contribution in [0.1, 0.15) is 30.5 Å². The first-order chi connectivity index (χ1) is 14.2. The van der Waals surface area contributed by atoms with E-state index >= 15 is 0 Å². The Bertz CT molecular complexity index is 984. The van der Waals surface area contributed by atoms with Gasteiger partial charge in [0.15, 0.2) is 0 Å². The van der Waals surface area contributed by atoms with Crippen LogP contribution < -0.4 is 16.3 Å². The van der Waals surface area contributed by atoms with E-state index in [1.54, 1.807) is 0 Å². The fourth-order valence-electron chi connectivity index (χ4n) is 3.45. The third-order valence-electron chi connectivity index (χ3n) is 5.17. The van der Waals surface area contributed by atoms with Crippen LogP contribution in [-0.4, -0.2) is 17.7 Å². The molecule has 3 aromatic carbocycles. The predicted molar refractivity (Wildman–Crippen MR) is 116 cm³/mol. The van der Waals surface area contributed by atoms with E-state index < -0.39 is 0 Å². The maximum absolute atomic E-state index is 12.5. The number of hydrazone groups is 1. The number of hydrazine groups is 1. The molecular weight excluding hydrogens is 360 g/mol. The zero-order valence-electron chi connectivity index (χ0n) is 16.3. The lowest BCUT2D eigenvalue weighted by Crippen LogP contribution is -2.41. The molecule has 1 heterocycles. The van der Waals surface area contributed by atoms with E-state index in [9.17, 15) is 4.79 Å². The molecule has 1 aliphatic rings. The summed E-state index contributed by atoms with van der Waals surface area (Å²) < 4.78 is 0. The minimum absolute atomic E-state index is 0.113. The number of amides is 1. The number of hydrogen-bond acceptors (Lipinski definition) is 4. The minimum atomic E-state index is -0.322. The van der Waals surface area contributed by atoms with Crippen LogP contribution in [0.2, 0.25) is 0 Å². The van der Waals surface area contributed by atoms with Gasteiger partial charge in [0.2, 0.25) is 0 Å². The Morgan fingerprint density at radius 2 is 1.48 bits per heavy atom. The molecule has 0 aromatic heterocycles. The monoisotopic (exact) mass is 384 g/mol. The first-order valence-electron chi connectivity index (χ1n) is 9.77. The van der Waals surface area contributed by atoms with Crippen molar-refractivity contribution in [1.29, 1.82) is 0 Å². The molecule has 3 N–H and O–H groups in total. The molecule has 1 amide bonds. The standard InChI is InChI=1S/C24H24N4O/c1-17(18-12-14-20(15-13-18)19-8-4-2-5-9-19)25-28-24(29)23-16-22(26-27-23)21-10-6-3-7-11-21/h2-15,22-23,26-27H,16H2,1H3,(H,28,29)/b25-17+. The van der Waals surface area contributed by atoms with Gasteiger partial charge in [-0.05, 0) is 35.6 Å². The van der Waals surface area contributed by atoms with E-state index in [0.29, 0.717) is 6.42 Å². The molecule has 5 nitrogen and oxygen atoms in total. The molecule has 0 aliphatic carbocycles. The molecule has 0 saturated carbocycles. The van der Waals surface area contributed by atoms with Crippen molar-refractivity contribution in [1.82, 2.24) is 16.3 Å². The molecule has 0 spiro atoms. The van der Waals surface area contributed by atoms with Gasteiger partial charge in [-0.3, -0.25) is 4.79 Å². The zero-order valence-corrected chi connectivity index (χ0v) is 16.3. The van der Waals surface area contributed by atoms with Crippen molar-refractivity contribution >= 4 is 11.6 Å². The fraction of sp³-hybridized carbons (Fsp3) is 0.167. The number of benzene rings is 3. The highest BCUT2D eigenvalue weighted by molar-refractivity contribution is 5.99. The number of nitrogens with one attached hydrogen (secondary N) is 3. The Labute approximate surface area is 170 Å². The summed E-state index contributed by atoms with van der Waals surface area (Å²) in [5.41, 5.74) is 14.2. The van der Waals surface area contributed by atoms with Crippen LogP contribution >= 0.6 is 0 Å². The van der Waals surface area contributed by atoms with Gasteiger partial charge in [-0.1, -0.05) is 84.9 Å². The average Bonchev–Trinajstić information content (AvgIpc) is 3.29. The van der Waals surface area contributed by atoms with Crippen molar-refractivity contribution in [2.24, 2.45) is 5.10 Å². The van der Waals surface area contributed by atoms with Gasteiger partial charge in [-0.15, -0.1) is 0 Å². The van der Waals surface area contributed by atoms with Crippen LogP contribution in [0.5, 0.6) is 0 Å². The van der Waals surface area contributed by atoms with Gasteiger partial charge in [0.25, 0.3) is 5.91 Å². The minimum Gasteiger partial charge on any atom is -0.271 e. The van der Waals surface area contributed by atoms with Crippen molar-refractivity contribution in [3.63, 3.8) is 0 Å². The molecule has 4 rings (SSSR count). The Morgan fingerprint density at radius 3 is 2.17 bits per heavy atom. The van der Waals surface area contributed by atoms with Gasteiger partial charge in [0.05, 0.1) is 5.71 Å². The van der Waals surface area contributed by atoms with Gasteiger partial charge in [0.1, 0.15) is 6.04 Å². The summed E-state index contributed by atoms with van der Waals surface area (Å²) in [6.07, 6.45) is 0.677. The van der Waals surface area contributed by atoms with Gasteiger partial charge >= 0.3 is 0 Å². The second kappa shape index (κ2) is 8.82. The largest absolute Gasteiger partial charge is 0.271 e. The van der Waals surface area contributed by atoms with Crippen LogP contribution in [0.15, 0.2) is 90.0 Å². The topological polar surface area (TPSA) is 65.5 Å². The summed E-state index contributed by atoms with van der Waals surface area (Å²) in [5.74, 6) is -0.142. The first-order valence-corrected chi connectivity index (χ1v) is 9.77. The molecule has 5 heteroatoms. The molecule has 1 fully saturated rings. The Hall–Kier alpha value is -3.28. The number of rotatable bonds is 5. The molecule has 2 atom stereocenters. The van der Waals surface area contributed by atoms with Crippen molar-refractivity contribution in [2.45, 2.75) is 25.4 Å². The van der Waals surface area contributed by atoms with E-state index in [1.807, 2.05) is 55.5 Å². The van der Waals surface area contributed by atoms with E-state index in [4.69, 9.17) is 0 Å². The van der Waals surface area contributed by atoms with Gasteiger partial charge in [-0.2, -0.15) is 5.10 Å². The van der Waals surface area contributed by atoms with Crippen LogP contribution in [-0.2, 0) is 4.79 Å². The number of carbonyl (C=O) groups is 1. The Kier molecular flexibility index (Phi) is 5.79. The van der Waals surface area contributed by atoms with Crippen molar-refractivity contribution in [2.75, 3.05) is 0 Å². The summed E-state index contributed by atoms with van der Waals surface area (Å²) in [6, 6.07) is 28.3. The van der Waals surface area contributed by atoms with Crippen LogP contribution in [0.4, 0.5) is 0 Å². The Morgan fingerprint density at radius 1 is 0.862 bits per heavy atom. The lowest BCUT2D eigenvalue weighted by Gasteiger charge is -2.09. The van der Waals surface area contributed by atoms with Gasteiger partial charge < -0.3 is 0 Å². The van der Waals surface area contributed by atoms with Crippen LogP contribution in [0.25, 0.3) is 11.1 Å². The summed E-state index contributed by atoms with van der Waals surface area (Å²) >= 11 is 0. The molecule has 1 aliphatic heterocycles. The quantitative estimate of drug-likeness (QED) is 0.463. The van der Waals surface area contributed by atoms with Crippen LogP contribution in [0, 0.1) is 0 Å². The molecule has 29 heavy (non-hydrogen) atoms. The lowest BCUT2D eigenvalue weighted by atomic mass is 10.0. The van der Waals surface area contributed by atoms with Crippen molar-refractivity contribution in [3.05, 3.63) is 96.1 Å². The smallest absolute Gasteiger partial charge is 0.258 e. The molecule has 3 aromatic rings. The summed E-state index contributed by atoms with van der Waals surface area (Å²) in [7, 11) is 0. The third-order valence-corrected chi connectivity index (χ3v) is 5.17. The number of carbonyl (C=O) groups excluding carboxylic acids is 1. The average molecular weight is 384 g/mol. The zero-order chi connectivity index (χ0) is 20.1. The summed E-state index contributed by atoms with van der Waals surface area (Å²) in [6.45, 7) is 1.89. The second-order valence-corrected chi connectivity index (χ2v) is 7.16. The predicted octanol–water partition coefficient (Wildman–Crippen LogP) is 3.80. The molecule has 2 unspecified atom stereocenters. The van der Waals surface area contributed by atoms with Gasteiger partial charge in [-0.25, -0.2) is 16.3 Å².